The van der Waals surface area contributed by atoms with Crippen LogP contribution in [0.25, 0.3) is 0 Å². The van der Waals surface area contributed by atoms with Crippen molar-refractivity contribution in [2.45, 2.75) is 29.7 Å². The quantitative estimate of drug-likeness (QED) is 0.910. The van der Waals surface area contributed by atoms with Crippen molar-refractivity contribution in [2.75, 3.05) is 6.54 Å². The van der Waals surface area contributed by atoms with E-state index < -0.39 is 0 Å². The summed E-state index contributed by atoms with van der Waals surface area (Å²) in [5.74, 6) is -0.184. The molecule has 1 heterocycles. The molecule has 0 amide bonds. The number of aryl methyl sites for hydroxylation is 1. The Labute approximate surface area is 117 Å². The van der Waals surface area contributed by atoms with Crippen molar-refractivity contribution in [1.29, 1.82) is 0 Å². The minimum absolute atomic E-state index is 0.125. The largest absolute Gasteiger partial charge is 0.310 e. The van der Waals surface area contributed by atoms with E-state index in [1.54, 1.807) is 16.9 Å². The Morgan fingerprint density at radius 3 is 2.89 bits per heavy atom. The molecule has 5 heteroatoms. The molecule has 0 saturated heterocycles. The number of nitrogens with one attached hydrogen (secondary N) is 1. The van der Waals surface area contributed by atoms with E-state index in [1.807, 2.05) is 33.2 Å². The molecule has 3 nitrogen and oxygen atoms in total. The first-order valence-corrected chi connectivity index (χ1v) is 7.11. The number of hydrogen-bond acceptors (Lipinski definition) is 3. The Kier molecular flexibility index (Phi) is 4.61. The third kappa shape index (κ3) is 3.36. The van der Waals surface area contributed by atoms with Crippen LogP contribution in [0.2, 0.25) is 0 Å². The van der Waals surface area contributed by atoms with Gasteiger partial charge in [-0.15, -0.1) is 0 Å². The van der Waals surface area contributed by atoms with E-state index in [4.69, 9.17) is 0 Å². The van der Waals surface area contributed by atoms with Gasteiger partial charge in [-0.2, -0.15) is 5.10 Å². The molecule has 102 valence electrons. The fourth-order valence-corrected chi connectivity index (χ4v) is 3.03. The van der Waals surface area contributed by atoms with Gasteiger partial charge < -0.3 is 5.32 Å². The molecule has 2 rings (SSSR count). The van der Waals surface area contributed by atoms with Crippen LogP contribution in [0.4, 0.5) is 4.39 Å². The Bertz CT molecular complexity index is 553. The average Bonchev–Trinajstić information content (AvgIpc) is 2.78. The van der Waals surface area contributed by atoms with Crippen molar-refractivity contribution in [3.63, 3.8) is 0 Å². The lowest BCUT2D eigenvalue weighted by atomic mass is 10.1. The second-order valence-electron chi connectivity index (χ2n) is 4.39. The van der Waals surface area contributed by atoms with Crippen molar-refractivity contribution in [1.82, 2.24) is 15.1 Å². The summed E-state index contributed by atoms with van der Waals surface area (Å²) >= 11 is 1.42. The van der Waals surface area contributed by atoms with Crippen LogP contribution in [0.3, 0.4) is 0 Å². The van der Waals surface area contributed by atoms with Crippen LogP contribution >= 0.6 is 11.8 Å². The first-order valence-electron chi connectivity index (χ1n) is 6.30. The molecule has 1 aromatic heterocycles. The van der Waals surface area contributed by atoms with E-state index in [0.29, 0.717) is 4.90 Å². The molecule has 19 heavy (non-hydrogen) atoms. The van der Waals surface area contributed by atoms with E-state index in [9.17, 15) is 4.39 Å². The average molecular weight is 279 g/mol. The fraction of sp³-hybridized carbons (Fsp3) is 0.357. The van der Waals surface area contributed by atoms with Crippen LogP contribution in [0.15, 0.2) is 40.4 Å². The summed E-state index contributed by atoms with van der Waals surface area (Å²) in [6.45, 7) is 4.95. The molecule has 1 unspecified atom stereocenters. The third-order valence-electron chi connectivity index (χ3n) is 2.88. The molecule has 2 aromatic rings. The maximum atomic E-state index is 14.1. The van der Waals surface area contributed by atoms with Crippen LogP contribution in [0, 0.1) is 5.82 Å². The standard InChI is InChI=1S/C14H18FN3S/c1-4-16-10(2)12-6-5-7-13(15)14(12)19-11-8-17-18(3)9-11/h5-10,16H,4H2,1-3H3. The Hall–Kier alpha value is -1.33. The molecule has 1 aromatic carbocycles. The molecule has 0 aliphatic rings. The lowest BCUT2D eigenvalue weighted by molar-refractivity contribution is 0.558. The van der Waals surface area contributed by atoms with Gasteiger partial charge in [0, 0.05) is 19.3 Å². The highest BCUT2D eigenvalue weighted by molar-refractivity contribution is 7.99. The molecule has 0 bridgehead atoms. The summed E-state index contributed by atoms with van der Waals surface area (Å²) < 4.78 is 15.8. The predicted molar refractivity (Wildman–Crippen MR) is 75.8 cm³/mol. The van der Waals surface area contributed by atoms with Gasteiger partial charge in [-0.05, 0) is 25.1 Å². The number of aromatic nitrogens is 2. The van der Waals surface area contributed by atoms with E-state index in [0.717, 1.165) is 17.0 Å². The van der Waals surface area contributed by atoms with Crippen molar-refractivity contribution in [3.8, 4) is 0 Å². The van der Waals surface area contributed by atoms with E-state index in [1.165, 1.54) is 17.8 Å². The highest BCUT2D eigenvalue weighted by atomic mass is 32.2. The maximum Gasteiger partial charge on any atom is 0.137 e. The normalized spacial score (nSPS) is 12.6. The van der Waals surface area contributed by atoms with E-state index in [2.05, 4.69) is 10.4 Å². The summed E-state index contributed by atoms with van der Waals surface area (Å²) in [7, 11) is 1.85. The van der Waals surface area contributed by atoms with E-state index >= 15 is 0 Å². The molecular formula is C14H18FN3S. The SMILES string of the molecule is CCNC(C)c1cccc(F)c1Sc1cnn(C)c1. The minimum Gasteiger partial charge on any atom is -0.310 e. The number of nitrogens with zero attached hydrogens (tertiary/aromatic N) is 2. The van der Waals surface area contributed by atoms with E-state index in [-0.39, 0.29) is 11.9 Å². The van der Waals surface area contributed by atoms with Gasteiger partial charge in [0.25, 0.3) is 0 Å². The molecule has 1 atom stereocenters. The predicted octanol–water partition coefficient (Wildman–Crippen LogP) is 3.38. The lowest BCUT2D eigenvalue weighted by Gasteiger charge is -2.17. The molecular weight excluding hydrogens is 261 g/mol. The van der Waals surface area contributed by atoms with Gasteiger partial charge >= 0.3 is 0 Å². The summed E-state index contributed by atoms with van der Waals surface area (Å²) in [6.07, 6.45) is 3.64. The molecule has 0 radical (unpaired) electrons. The van der Waals surface area contributed by atoms with Gasteiger partial charge in [-0.3, -0.25) is 4.68 Å². The van der Waals surface area contributed by atoms with Gasteiger partial charge in [0.05, 0.1) is 16.0 Å². The van der Waals surface area contributed by atoms with Gasteiger partial charge in [0.15, 0.2) is 0 Å². The highest BCUT2D eigenvalue weighted by Crippen LogP contribution is 2.35. The van der Waals surface area contributed by atoms with Crippen LogP contribution in [0.1, 0.15) is 25.5 Å². The van der Waals surface area contributed by atoms with Crippen molar-refractivity contribution in [3.05, 3.63) is 42.0 Å². The molecule has 0 saturated carbocycles. The Balaban J connectivity index is 2.32. The summed E-state index contributed by atoms with van der Waals surface area (Å²) in [4.78, 5) is 1.61. The lowest BCUT2D eigenvalue weighted by Crippen LogP contribution is -2.18. The monoisotopic (exact) mass is 279 g/mol. The second-order valence-corrected chi connectivity index (χ2v) is 5.47. The zero-order valence-electron chi connectivity index (χ0n) is 11.4. The fourth-order valence-electron chi connectivity index (χ4n) is 1.96. The second kappa shape index (κ2) is 6.21. The summed E-state index contributed by atoms with van der Waals surface area (Å²) in [5.41, 5.74) is 0.982. The van der Waals surface area contributed by atoms with Gasteiger partial charge in [-0.1, -0.05) is 30.8 Å². The van der Waals surface area contributed by atoms with Gasteiger partial charge in [0.1, 0.15) is 5.82 Å². The van der Waals surface area contributed by atoms with Gasteiger partial charge in [-0.25, -0.2) is 4.39 Å². The van der Waals surface area contributed by atoms with Crippen LogP contribution < -0.4 is 5.32 Å². The summed E-state index contributed by atoms with van der Waals surface area (Å²) in [6, 6.07) is 5.35. The molecule has 0 aliphatic heterocycles. The number of halogens is 1. The van der Waals surface area contributed by atoms with Crippen molar-refractivity contribution < 1.29 is 4.39 Å². The number of benzene rings is 1. The van der Waals surface area contributed by atoms with Crippen LogP contribution in [0.5, 0.6) is 0 Å². The van der Waals surface area contributed by atoms with Crippen LogP contribution in [-0.4, -0.2) is 16.3 Å². The number of hydrogen-bond donors (Lipinski definition) is 1. The highest BCUT2D eigenvalue weighted by Gasteiger charge is 2.15. The van der Waals surface area contributed by atoms with Gasteiger partial charge in [0.2, 0.25) is 0 Å². The Morgan fingerprint density at radius 2 is 2.26 bits per heavy atom. The molecule has 0 fully saturated rings. The summed E-state index contributed by atoms with van der Waals surface area (Å²) in [5, 5.41) is 7.43. The number of rotatable bonds is 5. The molecule has 1 N–H and O–H groups in total. The third-order valence-corrected chi connectivity index (χ3v) is 3.96. The smallest absolute Gasteiger partial charge is 0.137 e. The minimum atomic E-state index is -0.184. The van der Waals surface area contributed by atoms with Crippen LogP contribution in [-0.2, 0) is 7.05 Å². The van der Waals surface area contributed by atoms with Crippen molar-refractivity contribution in [2.24, 2.45) is 7.05 Å². The maximum absolute atomic E-state index is 14.1. The molecule has 0 spiro atoms. The van der Waals surface area contributed by atoms with Crippen molar-refractivity contribution >= 4 is 11.8 Å². The zero-order chi connectivity index (χ0) is 13.8. The topological polar surface area (TPSA) is 29.9 Å². The molecule has 0 aliphatic carbocycles. The first-order chi connectivity index (χ1) is 9.11. The Morgan fingerprint density at radius 1 is 1.47 bits per heavy atom. The zero-order valence-corrected chi connectivity index (χ0v) is 12.2. The first kappa shape index (κ1) is 14.1.